The Morgan fingerprint density at radius 1 is 1.24 bits per heavy atom. The highest BCUT2D eigenvalue weighted by Gasteiger charge is 2.34. The molecule has 0 radical (unpaired) electrons. The molecular weight excluding hydrogens is 476 g/mol. The van der Waals surface area contributed by atoms with Crippen LogP contribution in [-0.4, -0.2) is 50.4 Å². The van der Waals surface area contributed by atoms with E-state index < -0.39 is 0 Å². The molecule has 2 atom stereocenters. The Labute approximate surface area is 210 Å². The van der Waals surface area contributed by atoms with E-state index in [1.165, 1.54) is 12.1 Å². The standard InChI is InChI=1S/C26H30Cl2FN3O2/c1-17-12-19(13-20-6-4-5-7-23(20)29)16-32(26(17)34)25-21(27)14-18(15-22(25)28)8-9-24(33)30-10-11-31(2)3/h4-9,14-15,17,19H,10-13,16H2,1-3H3,(H,30,33)/b9-8+/t17-,19-/m1/s1. The molecule has 182 valence electrons. The maximum Gasteiger partial charge on any atom is 0.244 e. The zero-order chi connectivity index (χ0) is 24.8. The topological polar surface area (TPSA) is 52.7 Å². The van der Waals surface area contributed by atoms with Gasteiger partial charge in [-0.05, 0) is 68.3 Å². The lowest BCUT2D eigenvalue weighted by atomic mass is 9.85. The van der Waals surface area contributed by atoms with E-state index in [0.29, 0.717) is 52.8 Å². The van der Waals surface area contributed by atoms with Crippen molar-refractivity contribution in [2.45, 2.75) is 19.8 Å². The summed E-state index contributed by atoms with van der Waals surface area (Å²) < 4.78 is 14.2. The molecule has 0 bridgehead atoms. The van der Waals surface area contributed by atoms with Crippen LogP contribution in [0.4, 0.5) is 10.1 Å². The van der Waals surface area contributed by atoms with Crippen LogP contribution in [0.25, 0.3) is 6.08 Å². The number of piperidine rings is 1. The summed E-state index contributed by atoms with van der Waals surface area (Å²) in [7, 11) is 3.87. The summed E-state index contributed by atoms with van der Waals surface area (Å²) in [5.41, 5.74) is 1.74. The molecule has 1 fully saturated rings. The van der Waals surface area contributed by atoms with Gasteiger partial charge in [0.1, 0.15) is 5.82 Å². The number of rotatable bonds is 8. The molecule has 34 heavy (non-hydrogen) atoms. The Morgan fingerprint density at radius 2 is 1.91 bits per heavy atom. The number of carbonyl (C=O) groups excluding carboxylic acids is 2. The Morgan fingerprint density at radius 3 is 2.56 bits per heavy atom. The SMILES string of the molecule is C[C@@H]1C[C@H](Cc2ccccc2F)CN(c2c(Cl)cc(/C=C/C(=O)NCCN(C)C)cc2Cl)C1=O. The van der Waals surface area contributed by atoms with Gasteiger partial charge >= 0.3 is 0 Å². The second-order valence-electron chi connectivity index (χ2n) is 9.01. The zero-order valence-corrected chi connectivity index (χ0v) is 21.2. The molecule has 8 heteroatoms. The van der Waals surface area contributed by atoms with E-state index in [1.807, 2.05) is 32.0 Å². The van der Waals surface area contributed by atoms with Gasteiger partial charge in [0.2, 0.25) is 11.8 Å². The number of benzene rings is 2. The van der Waals surface area contributed by atoms with Gasteiger partial charge in [0.25, 0.3) is 0 Å². The molecule has 2 aromatic carbocycles. The van der Waals surface area contributed by atoms with E-state index in [2.05, 4.69) is 5.32 Å². The minimum absolute atomic E-state index is 0.0582. The minimum atomic E-state index is -0.239. The van der Waals surface area contributed by atoms with E-state index in [-0.39, 0.29) is 29.5 Å². The summed E-state index contributed by atoms with van der Waals surface area (Å²) in [6.07, 6.45) is 4.26. The molecule has 1 saturated heterocycles. The van der Waals surface area contributed by atoms with Gasteiger partial charge < -0.3 is 15.1 Å². The number of halogens is 3. The van der Waals surface area contributed by atoms with Crippen molar-refractivity contribution in [3.8, 4) is 0 Å². The highest BCUT2D eigenvalue weighted by Crippen LogP contribution is 2.39. The first-order valence-electron chi connectivity index (χ1n) is 11.3. The van der Waals surface area contributed by atoms with Crippen LogP contribution in [0.1, 0.15) is 24.5 Å². The monoisotopic (exact) mass is 505 g/mol. The van der Waals surface area contributed by atoms with Crippen LogP contribution in [0.15, 0.2) is 42.5 Å². The van der Waals surface area contributed by atoms with Gasteiger partial charge in [-0.3, -0.25) is 9.59 Å². The Kier molecular flexibility index (Phi) is 9.11. The maximum absolute atomic E-state index is 14.2. The van der Waals surface area contributed by atoms with Gasteiger partial charge in [0.05, 0.1) is 15.7 Å². The predicted molar refractivity (Wildman–Crippen MR) is 137 cm³/mol. The molecule has 1 heterocycles. The van der Waals surface area contributed by atoms with Crippen LogP contribution < -0.4 is 10.2 Å². The third kappa shape index (κ3) is 6.81. The summed E-state index contributed by atoms with van der Waals surface area (Å²) in [5, 5.41) is 3.46. The van der Waals surface area contributed by atoms with Crippen LogP contribution in [0.2, 0.25) is 10.0 Å². The van der Waals surface area contributed by atoms with Crippen LogP contribution in [-0.2, 0) is 16.0 Å². The van der Waals surface area contributed by atoms with Crippen LogP contribution in [0.5, 0.6) is 0 Å². The van der Waals surface area contributed by atoms with Gasteiger partial charge in [0.15, 0.2) is 0 Å². The maximum atomic E-state index is 14.2. The molecule has 5 nitrogen and oxygen atoms in total. The van der Waals surface area contributed by atoms with Crippen molar-refractivity contribution in [1.29, 1.82) is 0 Å². The summed E-state index contributed by atoms with van der Waals surface area (Å²) in [5.74, 6) is -0.673. The van der Waals surface area contributed by atoms with Gasteiger partial charge in [-0.15, -0.1) is 0 Å². The zero-order valence-electron chi connectivity index (χ0n) is 19.7. The average Bonchev–Trinajstić information content (AvgIpc) is 2.76. The molecular formula is C26H30Cl2FN3O2. The highest BCUT2D eigenvalue weighted by molar-refractivity contribution is 6.40. The number of anilines is 1. The first-order valence-corrected chi connectivity index (χ1v) is 12.1. The van der Waals surface area contributed by atoms with Crippen molar-refractivity contribution >= 4 is 46.8 Å². The molecule has 0 aliphatic carbocycles. The number of amides is 2. The quantitative estimate of drug-likeness (QED) is 0.510. The van der Waals surface area contributed by atoms with Crippen molar-refractivity contribution in [2.24, 2.45) is 11.8 Å². The third-order valence-electron chi connectivity index (χ3n) is 5.88. The molecule has 1 aliphatic rings. The number of hydrogen-bond acceptors (Lipinski definition) is 3. The Balaban J connectivity index is 1.76. The number of likely N-dealkylation sites (N-methyl/N-ethyl adjacent to an activating group) is 1. The lowest BCUT2D eigenvalue weighted by Gasteiger charge is -2.37. The molecule has 3 rings (SSSR count). The van der Waals surface area contributed by atoms with E-state index >= 15 is 0 Å². The van der Waals surface area contributed by atoms with Crippen LogP contribution in [0.3, 0.4) is 0 Å². The number of carbonyl (C=O) groups is 2. The predicted octanol–water partition coefficient (Wildman–Crippen LogP) is 5.06. The summed E-state index contributed by atoms with van der Waals surface area (Å²) in [4.78, 5) is 28.6. The number of nitrogens with zero attached hydrogens (tertiary/aromatic N) is 2. The van der Waals surface area contributed by atoms with Gasteiger partial charge in [0, 0.05) is 31.6 Å². The number of hydrogen-bond donors (Lipinski definition) is 1. The smallest absolute Gasteiger partial charge is 0.244 e. The Bertz CT molecular complexity index is 1050. The molecule has 0 unspecified atom stereocenters. The van der Waals surface area contributed by atoms with E-state index in [1.54, 1.807) is 35.2 Å². The molecule has 2 aromatic rings. The molecule has 0 aromatic heterocycles. The summed E-state index contributed by atoms with van der Waals surface area (Å²) in [6.45, 7) is 3.56. The van der Waals surface area contributed by atoms with Gasteiger partial charge in [-0.2, -0.15) is 0 Å². The van der Waals surface area contributed by atoms with Crippen LogP contribution >= 0.6 is 23.2 Å². The highest BCUT2D eigenvalue weighted by atomic mass is 35.5. The molecule has 2 amide bonds. The number of nitrogens with one attached hydrogen (secondary N) is 1. The van der Waals surface area contributed by atoms with Crippen molar-refractivity contribution < 1.29 is 14.0 Å². The van der Waals surface area contributed by atoms with Gasteiger partial charge in [-0.1, -0.05) is 48.3 Å². The average molecular weight is 506 g/mol. The first-order chi connectivity index (χ1) is 16.2. The lowest BCUT2D eigenvalue weighted by Crippen LogP contribution is -2.45. The van der Waals surface area contributed by atoms with Crippen molar-refractivity contribution in [1.82, 2.24) is 10.2 Å². The van der Waals surface area contributed by atoms with E-state index in [9.17, 15) is 14.0 Å². The van der Waals surface area contributed by atoms with Crippen LogP contribution in [0, 0.1) is 17.7 Å². The normalized spacial score (nSPS) is 18.7. The molecule has 1 aliphatic heterocycles. The fraction of sp³-hybridized carbons (Fsp3) is 0.385. The second-order valence-corrected chi connectivity index (χ2v) is 9.82. The molecule has 0 saturated carbocycles. The van der Waals surface area contributed by atoms with Crippen molar-refractivity contribution in [2.75, 3.05) is 38.6 Å². The molecule has 0 spiro atoms. The summed E-state index contributed by atoms with van der Waals surface area (Å²) in [6, 6.07) is 10.1. The van der Waals surface area contributed by atoms with Crippen molar-refractivity contribution in [3.63, 3.8) is 0 Å². The Hall–Kier alpha value is -2.41. The first kappa shape index (κ1) is 26.2. The summed E-state index contributed by atoms with van der Waals surface area (Å²) >= 11 is 13.1. The second kappa shape index (κ2) is 11.8. The van der Waals surface area contributed by atoms with Crippen molar-refractivity contribution in [3.05, 3.63) is 69.5 Å². The fourth-order valence-corrected chi connectivity index (χ4v) is 4.89. The minimum Gasteiger partial charge on any atom is -0.351 e. The van der Waals surface area contributed by atoms with E-state index in [0.717, 1.165) is 6.54 Å². The largest absolute Gasteiger partial charge is 0.351 e. The van der Waals surface area contributed by atoms with E-state index in [4.69, 9.17) is 23.2 Å². The lowest BCUT2D eigenvalue weighted by molar-refractivity contribution is -0.124. The van der Waals surface area contributed by atoms with Gasteiger partial charge in [-0.25, -0.2) is 4.39 Å². The third-order valence-corrected chi connectivity index (χ3v) is 6.45. The molecule has 1 N–H and O–H groups in total. The fourth-order valence-electron chi connectivity index (χ4n) is 4.19.